The summed E-state index contributed by atoms with van der Waals surface area (Å²) in [5, 5.41) is 9.09. The van der Waals surface area contributed by atoms with E-state index in [0.717, 1.165) is 12.2 Å². The summed E-state index contributed by atoms with van der Waals surface area (Å²) < 4.78 is 35.8. The Morgan fingerprint density at radius 2 is 1.97 bits per heavy atom. The Morgan fingerprint density at radius 1 is 1.24 bits per heavy atom. The van der Waals surface area contributed by atoms with Gasteiger partial charge in [0.15, 0.2) is 6.19 Å². The summed E-state index contributed by atoms with van der Waals surface area (Å²) >= 11 is 0. The number of nitrogens with zero attached hydrogens (tertiary/aromatic N) is 6. The molecule has 1 atom stereocenters. The van der Waals surface area contributed by atoms with Gasteiger partial charge in [-0.25, -0.2) is 4.98 Å². The predicted molar refractivity (Wildman–Crippen MR) is 113 cm³/mol. The minimum atomic E-state index is -3.14. The van der Waals surface area contributed by atoms with Gasteiger partial charge < -0.3 is 19.3 Å². The molecule has 0 saturated carbocycles. The molecule has 2 saturated heterocycles. The summed E-state index contributed by atoms with van der Waals surface area (Å²) in [5.74, 6) is 0.738. The SMILES string of the molecule is COCCN(CCOC)c1cc(N2CCN(C3CCN(C#N)C3)S2(O)O)ccn1. The molecule has 0 aromatic carbocycles. The Balaban J connectivity index is 1.76. The van der Waals surface area contributed by atoms with E-state index in [1.54, 1.807) is 40.0 Å². The number of rotatable bonds is 9. The van der Waals surface area contributed by atoms with E-state index < -0.39 is 11.0 Å². The van der Waals surface area contributed by atoms with Crippen LogP contribution in [0.2, 0.25) is 0 Å². The minimum Gasteiger partial charge on any atom is -0.383 e. The molecule has 29 heavy (non-hydrogen) atoms. The second kappa shape index (κ2) is 9.80. The summed E-state index contributed by atoms with van der Waals surface area (Å²) in [4.78, 5) is 8.18. The number of nitriles is 1. The van der Waals surface area contributed by atoms with Crippen LogP contribution in [0.25, 0.3) is 0 Å². The number of hydrogen-bond acceptors (Lipinski definition) is 10. The maximum absolute atomic E-state index is 11.0. The molecule has 2 N–H and O–H groups in total. The highest BCUT2D eigenvalue weighted by atomic mass is 32.3. The molecular weight excluding hydrogens is 396 g/mol. The molecule has 0 radical (unpaired) electrons. The van der Waals surface area contributed by atoms with E-state index in [-0.39, 0.29) is 6.04 Å². The van der Waals surface area contributed by atoms with Gasteiger partial charge in [0.25, 0.3) is 0 Å². The Morgan fingerprint density at radius 3 is 2.59 bits per heavy atom. The molecule has 0 bridgehead atoms. The van der Waals surface area contributed by atoms with Crippen molar-refractivity contribution in [3.63, 3.8) is 0 Å². The lowest BCUT2D eigenvalue weighted by Gasteiger charge is -2.45. The van der Waals surface area contributed by atoms with Crippen molar-refractivity contribution in [2.24, 2.45) is 0 Å². The fraction of sp³-hybridized carbons (Fsp3) is 0.667. The number of pyridine rings is 1. The molecular formula is C18H30N6O4S. The quantitative estimate of drug-likeness (QED) is 0.563. The van der Waals surface area contributed by atoms with E-state index in [1.807, 2.05) is 6.07 Å². The zero-order chi connectivity index (χ0) is 20.9. The molecule has 0 amide bonds. The van der Waals surface area contributed by atoms with Gasteiger partial charge >= 0.3 is 0 Å². The first-order valence-electron chi connectivity index (χ1n) is 9.67. The van der Waals surface area contributed by atoms with Gasteiger partial charge in [-0.1, -0.05) is 11.0 Å². The molecule has 162 valence electrons. The third-order valence-electron chi connectivity index (χ3n) is 5.32. The van der Waals surface area contributed by atoms with Crippen LogP contribution in [0, 0.1) is 11.5 Å². The molecule has 0 spiro atoms. The summed E-state index contributed by atoms with van der Waals surface area (Å²) in [5.41, 5.74) is 0.715. The fourth-order valence-electron chi connectivity index (χ4n) is 3.76. The summed E-state index contributed by atoms with van der Waals surface area (Å²) in [6.07, 6.45) is 4.58. The largest absolute Gasteiger partial charge is 0.383 e. The highest BCUT2D eigenvalue weighted by Crippen LogP contribution is 2.55. The molecule has 3 heterocycles. The first kappa shape index (κ1) is 21.9. The van der Waals surface area contributed by atoms with Gasteiger partial charge in [0.05, 0.1) is 31.5 Å². The van der Waals surface area contributed by atoms with Gasteiger partial charge in [-0.2, -0.15) is 9.57 Å². The molecule has 1 aromatic rings. The summed E-state index contributed by atoms with van der Waals surface area (Å²) in [6, 6.07) is 3.63. The average Bonchev–Trinajstić information content (AvgIpc) is 3.31. The number of aromatic nitrogens is 1. The smallest absolute Gasteiger partial charge is 0.179 e. The maximum Gasteiger partial charge on any atom is 0.179 e. The zero-order valence-corrected chi connectivity index (χ0v) is 17.8. The van der Waals surface area contributed by atoms with Crippen LogP contribution in [-0.4, -0.2) is 96.0 Å². The average molecular weight is 427 g/mol. The summed E-state index contributed by atoms with van der Waals surface area (Å²) in [7, 11) is 0.174. The van der Waals surface area contributed by atoms with Crippen LogP contribution in [0.3, 0.4) is 0 Å². The lowest BCUT2D eigenvalue weighted by atomic mass is 10.2. The standard InChI is InChI=1S/C18H30N6O4S/c1-27-11-9-22(10-12-28-2)18-13-16(3-5-20-18)23-7-8-24(29(23,25)26)17-4-6-21(14-17)15-19/h3,5,13,17,25-26H,4,6-12,14H2,1-2H3. The Kier molecular flexibility index (Phi) is 7.39. The van der Waals surface area contributed by atoms with Gasteiger partial charge in [0.2, 0.25) is 0 Å². The van der Waals surface area contributed by atoms with E-state index in [4.69, 9.17) is 14.7 Å². The van der Waals surface area contributed by atoms with Gasteiger partial charge in [0, 0.05) is 59.2 Å². The third kappa shape index (κ3) is 4.85. The van der Waals surface area contributed by atoms with Crippen LogP contribution >= 0.6 is 11.0 Å². The molecule has 0 aliphatic carbocycles. The first-order chi connectivity index (χ1) is 14.0. The number of methoxy groups -OCH3 is 2. The maximum atomic E-state index is 11.0. The van der Waals surface area contributed by atoms with E-state index >= 15 is 0 Å². The summed E-state index contributed by atoms with van der Waals surface area (Å²) in [6.45, 7) is 4.66. The molecule has 11 heteroatoms. The van der Waals surface area contributed by atoms with Crippen LogP contribution in [0.1, 0.15) is 6.42 Å². The van der Waals surface area contributed by atoms with Crippen molar-refractivity contribution < 1.29 is 18.6 Å². The topological polar surface area (TPSA) is 109 Å². The zero-order valence-electron chi connectivity index (χ0n) is 17.0. The predicted octanol–water partition coefficient (Wildman–Crippen LogP) is 1.44. The van der Waals surface area contributed by atoms with Crippen molar-refractivity contribution in [2.45, 2.75) is 12.5 Å². The van der Waals surface area contributed by atoms with Gasteiger partial charge in [-0.3, -0.25) is 13.4 Å². The highest BCUT2D eigenvalue weighted by molar-refractivity contribution is 8.23. The van der Waals surface area contributed by atoms with Crippen LogP contribution in [0.5, 0.6) is 0 Å². The van der Waals surface area contributed by atoms with Gasteiger partial charge in [0.1, 0.15) is 5.82 Å². The number of anilines is 2. The van der Waals surface area contributed by atoms with Crippen LogP contribution in [0.4, 0.5) is 11.5 Å². The molecule has 2 aliphatic heterocycles. The second-order valence-corrected chi connectivity index (χ2v) is 8.96. The first-order valence-corrected chi connectivity index (χ1v) is 11.1. The number of hydrogen-bond donors (Lipinski definition) is 2. The molecule has 10 nitrogen and oxygen atoms in total. The third-order valence-corrected chi connectivity index (χ3v) is 7.41. The lowest BCUT2D eigenvalue weighted by Crippen LogP contribution is -2.38. The monoisotopic (exact) mass is 426 g/mol. The van der Waals surface area contributed by atoms with E-state index in [9.17, 15) is 9.11 Å². The molecule has 2 aliphatic rings. The Labute approximate surface area is 173 Å². The molecule has 3 rings (SSSR count). The lowest BCUT2D eigenvalue weighted by molar-refractivity contribution is 0.190. The molecule has 1 unspecified atom stereocenters. The number of ether oxygens (including phenoxy) is 2. The normalized spacial score (nSPS) is 22.7. The van der Waals surface area contributed by atoms with Crippen LogP contribution in [-0.2, 0) is 9.47 Å². The highest BCUT2D eigenvalue weighted by Gasteiger charge is 2.43. The van der Waals surface area contributed by atoms with Crippen molar-refractivity contribution in [3.05, 3.63) is 18.3 Å². The van der Waals surface area contributed by atoms with Crippen molar-refractivity contribution in [1.29, 1.82) is 5.26 Å². The van der Waals surface area contributed by atoms with E-state index in [1.165, 1.54) is 0 Å². The van der Waals surface area contributed by atoms with Crippen molar-refractivity contribution in [1.82, 2.24) is 14.2 Å². The number of likely N-dealkylation sites (tertiary alicyclic amines) is 1. The van der Waals surface area contributed by atoms with Gasteiger partial charge in [-0.15, -0.1) is 0 Å². The molecule has 1 aromatic heterocycles. The molecule has 2 fully saturated rings. The van der Waals surface area contributed by atoms with Crippen molar-refractivity contribution in [3.8, 4) is 6.19 Å². The minimum absolute atomic E-state index is 0.0362. The van der Waals surface area contributed by atoms with E-state index in [0.29, 0.717) is 58.2 Å². The Hall–Kier alpha value is -1.81. The van der Waals surface area contributed by atoms with E-state index in [2.05, 4.69) is 16.1 Å². The van der Waals surface area contributed by atoms with Crippen molar-refractivity contribution in [2.75, 3.05) is 75.9 Å². The van der Waals surface area contributed by atoms with Crippen LogP contribution < -0.4 is 9.21 Å². The van der Waals surface area contributed by atoms with Crippen LogP contribution in [0.15, 0.2) is 18.3 Å². The van der Waals surface area contributed by atoms with Crippen molar-refractivity contribution >= 4 is 22.5 Å². The van der Waals surface area contributed by atoms with Gasteiger partial charge in [-0.05, 0) is 12.5 Å². The second-order valence-electron chi connectivity index (χ2n) is 7.07. The fourth-order valence-corrected chi connectivity index (χ4v) is 5.64. The Bertz CT molecular complexity index is 710.